The van der Waals surface area contributed by atoms with Crippen LogP contribution in [0.15, 0.2) is 42.0 Å². The highest BCUT2D eigenvalue weighted by atomic mass is 16.6. The fourth-order valence-corrected chi connectivity index (χ4v) is 2.56. The molecule has 0 bridgehead atoms. The normalized spacial score (nSPS) is 19.7. The quantitative estimate of drug-likeness (QED) is 0.588. The van der Waals surface area contributed by atoms with Gasteiger partial charge in [-0.05, 0) is 30.7 Å². The van der Waals surface area contributed by atoms with E-state index in [0.29, 0.717) is 13.0 Å². The maximum atomic E-state index is 11.9. The molecule has 2 rings (SSSR count). The number of methoxy groups -OCH3 is 1. The standard InChI is InChI=1S/C18H24O3/c1-14-8-10-15(11-9-14)12-17(18(19)20-2)21-13-16-6-4-3-5-7-16/h3-7,10,14,17H,8-9,11-13H2,1-2H3/t14-,17-/m1/s1. The molecule has 1 aromatic rings. The Bertz CT molecular complexity index is 478. The van der Waals surface area contributed by atoms with Crippen molar-refractivity contribution in [1.29, 1.82) is 0 Å². The van der Waals surface area contributed by atoms with Crippen molar-refractivity contribution in [2.45, 2.75) is 45.3 Å². The maximum absolute atomic E-state index is 11.9. The van der Waals surface area contributed by atoms with Gasteiger partial charge < -0.3 is 9.47 Å². The minimum Gasteiger partial charge on any atom is -0.467 e. The summed E-state index contributed by atoms with van der Waals surface area (Å²) in [5.74, 6) is 0.459. The van der Waals surface area contributed by atoms with Crippen molar-refractivity contribution in [3.05, 3.63) is 47.5 Å². The summed E-state index contributed by atoms with van der Waals surface area (Å²) in [5, 5.41) is 0. The molecule has 0 spiro atoms. The number of esters is 1. The number of carbonyl (C=O) groups is 1. The summed E-state index contributed by atoms with van der Waals surface area (Å²) < 4.78 is 10.7. The highest BCUT2D eigenvalue weighted by Gasteiger charge is 2.23. The lowest BCUT2D eigenvalue weighted by atomic mass is 9.88. The maximum Gasteiger partial charge on any atom is 0.335 e. The van der Waals surface area contributed by atoms with Crippen LogP contribution in [-0.2, 0) is 20.9 Å². The molecule has 2 atom stereocenters. The third-order valence-electron chi connectivity index (χ3n) is 3.97. The van der Waals surface area contributed by atoms with Crippen molar-refractivity contribution >= 4 is 5.97 Å². The Morgan fingerprint density at radius 1 is 1.33 bits per heavy atom. The van der Waals surface area contributed by atoms with Gasteiger partial charge in [0.25, 0.3) is 0 Å². The lowest BCUT2D eigenvalue weighted by Crippen LogP contribution is -2.26. The van der Waals surface area contributed by atoms with E-state index in [9.17, 15) is 4.79 Å². The van der Waals surface area contributed by atoms with Gasteiger partial charge in [-0.25, -0.2) is 4.79 Å². The van der Waals surface area contributed by atoms with Gasteiger partial charge in [0.1, 0.15) is 0 Å². The predicted molar refractivity (Wildman–Crippen MR) is 82.8 cm³/mol. The van der Waals surface area contributed by atoms with Gasteiger partial charge in [-0.15, -0.1) is 0 Å². The molecule has 0 saturated carbocycles. The molecular formula is C18H24O3. The first-order valence-corrected chi connectivity index (χ1v) is 7.60. The SMILES string of the molecule is COC(=O)[C@@H](CC1=CC[C@@H](C)CC1)OCc1ccccc1. The largest absolute Gasteiger partial charge is 0.467 e. The van der Waals surface area contributed by atoms with Crippen LogP contribution in [0.25, 0.3) is 0 Å². The number of benzene rings is 1. The van der Waals surface area contributed by atoms with E-state index in [1.165, 1.54) is 19.1 Å². The van der Waals surface area contributed by atoms with Crippen LogP contribution >= 0.6 is 0 Å². The van der Waals surface area contributed by atoms with E-state index >= 15 is 0 Å². The van der Waals surface area contributed by atoms with Gasteiger partial charge in [-0.2, -0.15) is 0 Å². The zero-order chi connectivity index (χ0) is 15.1. The highest BCUT2D eigenvalue weighted by molar-refractivity contribution is 5.74. The molecule has 0 amide bonds. The molecule has 3 heteroatoms. The Hall–Kier alpha value is -1.61. The molecule has 0 unspecified atom stereocenters. The van der Waals surface area contributed by atoms with Crippen LogP contribution < -0.4 is 0 Å². The molecule has 0 saturated heterocycles. The summed E-state index contributed by atoms with van der Waals surface area (Å²) in [7, 11) is 1.42. The summed E-state index contributed by atoms with van der Waals surface area (Å²) in [5.41, 5.74) is 2.38. The van der Waals surface area contributed by atoms with E-state index in [1.807, 2.05) is 30.3 Å². The summed E-state index contributed by atoms with van der Waals surface area (Å²) in [6.45, 7) is 2.70. The predicted octanol–water partition coefficient (Wildman–Crippen LogP) is 3.88. The monoisotopic (exact) mass is 288 g/mol. The fraction of sp³-hybridized carbons (Fsp3) is 0.500. The van der Waals surface area contributed by atoms with Gasteiger partial charge >= 0.3 is 5.97 Å². The van der Waals surface area contributed by atoms with Crippen LogP contribution in [-0.4, -0.2) is 19.2 Å². The van der Waals surface area contributed by atoms with Crippen molar-refractivity contribution < 1.29 is 14.3 Å². The summed E-state index contributed by atoms with van der Waals surface area (Å²) in [6, 6.07) is 9.90. The minimum absolute atomic E-state index is 0.287. The van der Waals surface area contributed by atoms with Crippen molar-refractivity contribution in [1.82, 2.24) is 0 Å². The topological polar surface area (TPSA) is 35.5 Å². The Kier molecular flexibility index (Phi) is 6.00. The second-order valence-electron chi connectivity index (χ2n) is 5.75. The van der Waals surface area contributed by atoms with Crippen LogP contribution in [0, 0.1) is 5.92 Å². The molecule has 1 aliphatic carbocycles. The summed E-state index contributed by atoms with van der Waals surface area (Å²) >= 11 is 0. The minimum atomic E-state index is -0.505. The first-order valence-electron chi connectivity index (χ1n) is 7.60. The molecule has 0 radical (unpaired) electrons. The number of rotatable bonds is 6. The van der Waals surface area contributed by atoms with E-state index in [0.717, 1.165) is 24.3 Å². The van der Waals surface area contributed by atoms with E-state index in [2.05, 4.69) is 13.0 Å². The molecule has 114 valence electrons. The Labute approximate surface area is 127 Å². The van der Waals surface area contributed by atoms with Crippen molar-refractivity contribution in [3.63, 3.8) is 0 Å². The van der Waals surface area contributed by atoms with Crippen molar-refractivity contribution in [3.8, 4) is 0 Å². The smallest absolute Gasteiger partial charge is 0.335 e. The molecule has 0 N–H and O–H groups in total. The average Bonchev–Trinajstić information content (AvgIpc) is 2.53. The number of allylic oxidation sites excluding steroid dienone is 1. The Morgan fingerprint density at radius 2 is 2.10 bits per heavy atom. The highest BCUT2D eigenvalue weighted by Crippen LogP contribution is 2.26. The molecule has 0 aromatic heterocycles. The van der Waals surface area contributed by atoms with Gasteiger partial charge in [0.2, 0.25) is 0 Å². The Balaban J connectivity index is 1.93. The van der Waals surface area contributed by atoms with Gasteiger partial charge in [0.15, 0.2) is 6.10 Å². The van der Waals surface area contributed by atoms with Crippen LogP contribution in [0.2, 0.25) is 0 Å². The van der Waals surface area contributed by atoms with Gasteiger partial charge in [-0.3, -0.25) is 0 Å². The van der Waals surface area contributed by atoms with Gasteiger partial charge in [-0.1, -0.05) is 48.9 Å². The third kappa shape index (κ3) is 5.01. The van der Waals surface area contributed by atoms with Crippen LogP contribution in [0.5, 0.6) is 0 Å². The molecule has 1 aromatic carbocycles. The van der Waals surface area contributed by atoms with E-state index in [-0.39, 0.29) is 5.97 Å². The second kappa shape index (κ2) is 7.99. The average molecular weight is 288 g/mol. The molecule has 1 aliphatic rings. The lowest BCUT2D eigenvalue weighted by Gasteiger charge is -2.22. The van der Waals surface area contributed by atoms with E-state index in [1.54, 1.807) is 0 Å². The first-order chi connectivity index (χ1) is 10.2. The van der Waals surface area contributed by atoms with Gasteiger partial charge in [0, 0.05) is 6.42 Å². The van der Waals surface area contributed by atoms with Gasteiger partial charge in [0.05, 0.1) is 13.7 Å². The number of carbonyl (C=O) groups excluding carboxylic acids is 1. The van der Waals surface area contributed by atoms with Crippen molar-refractivity contribution in [2.24, 2.45) is 5.92 Å². The lowest BCUT2D eigenvalue weighted by molar-refractivity contribution is -0.154. The third-order valence-corrected chi connectivity index (χ3v) is 3.97. The van der Waals surface area contributed by atoms with E-state index in [4.69, 9.17) is 9.47 Å². The molecule has 0 heterocycles. The Morgan fingerprint density at radius 3 is 2.71 bits per heavy atom. The number of hydrogen-bond acceptors (Lipinski definition) is 3. The fourth-order valence-electron chi connectivity index (χ4n) is 2.56. The molecular weight excluding hydrogens is 264 g/mol. The molecule has 0 fully saturated rings. The summed E-state index contributed by atoms with van der Waals surface area (Å²) in [4.78, 5) is 11.9. The molecule has 3 nitrogen and oxygen atoms in total. The van der Waals surface area contributed by atoms with Crippen LogP contribution in [0.4, 0.5) is 0 Å². The van der Waals surface area contributed by atoms with Crippen LogP contribution in [0.1, 0.15) is 38.2 Å². The number of hydrogen-bond donors (Lipinski definition) is 0. The van der Waals surface area contributed by atoms with Crippen LogP contribution in [0.3, 0.4) is 0 Å². The second-order valence-corrected chi connectivity index (χ2v) is 5.75. The molecule has 0 aliphatic heterocycles. The zero-order valence-corrected chi connectivity index (χ0v) is 12.9. The van der Waals surface area contributed by atoms with E-state index < -0.39 is 6.10 Å². The summed E-state index contributed by atoms with van der Waals surface area (Å²) in [6.07, 6.45) is 5.75. The van der Waals surface area contributed by atoms with Crippen molar-refractivity contribution in [2.75, 3.05) is 7.11 Å². The molecule has 21 heavy (non-hydrogen) atoms. The zero-order valence-electron chi connectivity index (χ0n) is 12.9. The number of ether oxygens (including phenoxy) is 2. The first kappa shape index (κ1) is 15.8.